The minimum absolute atomic E-state index is 0.0701. The van der Waals surface area contributed by atoms with E-state index in [0.29, 0.717) is 12.4 Å². The Labute approximate surface area is 148 Å². The number of sulfone groups is 1. The van der Waals surface area contributed by atoms with Crippen LogP contribution >= 0.6 is 0 Å². The van der Waals surface area contributed by atoms with Crippen LogP contribution in [0.3, 0.4) is 0 Å². The number of hydrogen-bond donors (Lipinski definition) is 1. The van der Waals surface area contributed by atoms with Gasteiger partial charge in [-0.05, 0) is 12.1 Å². The zero-order valence-electron chi connectivity index (χ0n) is 15.0. The summed E-state index contributed by atoms with van der Waals surface area (Å²) >= 11 is 0. The molecule has 2 heterocycles. The smallest absolute Gasteiger partial charge is 0.230 e. The molecule has 1 N–H and O–H groups in total. The summed E-state index contributed by atoms with van der Waals surface area (Å²) in [7, 11) is -3.02. The minimum Gasteiger partial charge on any atom is -0.310 e. The summed E-state index contributed by atoms with van der Waals surface area (Å²) in [6.07, 6.45) is 5.11. The van der Waals surface area contributed by atoms with Crippen molar-refractivity contribution in [1.29, 1.82) is 0 Å². The Balaban J connectivity index is 2.04. The molecule has 136 valence electrons. The first kappa shape index (κ1) is 19.1. The molecule has 2 aromatic heterocycles. The monoisotopic (exact) mass is 364 g/mol. The van der Waals surface area contributed by atoms with Gasteiger partial charge in [0.1, 0.15) is 5.82 Å². The van der Waals surface area contributed by atoms with Crippen LogP contribution in [-0.4, -0.2) is 40.6 Å². The van der Waals surface area contributed by atoms with E-state index < -0.39 is 15.3 Å². The van der Waals surface area contributed by atoms with Gasteiger partial charge in [-0.3, -0.25) is 9.48 Å². The number of carbonyl (C=O) groups excluding carboxylic acids is 1. The van der Waals surface area contributed by atoms with Crippen molar-refractivity contribution in [3.8, 4) is 11.1 Å². The molecule has 8 heteroatoms. The molecule has 2 aromatic rings. The SMILES string of the molecule is CCS(=O)(=O)CCn1cc(-c2ccc(NC(=O)C(C)(C)C)nc2)cn1. The van der Waals surface area contributed by atoms with Crippen molar-refractivity contribution in [2.45, 2.75) is 34.2 Å². The van der Waals surface area contributed by atoms with E-state index in [1.165, 1.54) is 0 Å². The fourth-order valence-corrected chi connectivity index (χ4v) is 2.71. The number of carbonyl (C=O) groups is 1. The highest BCUT2D eigenvalue weighted by Crippen LogP contribution is 2.20. The standard InChI is InChI=1S/C17H24N4O3S/c1-5-25(23,24)9-8-21-12-14(11-19-21)13-6-7-15(18-10-13)20-16(22)17(2,3)4/h6-7,10-12H,5,8-9H2,1-4H3,(H,18,20,22). The molecule has 1 amide bonds. The lowest BCUT2D eigenvalue weighted by Gasteiger charge is -2.17. The number of nitrogens with one attached hydrogen (secondary N) is 1. The van der Waals surface area contributed by atoms with Gasteiger partial charge in [0.2, 0.25) is 5.91 Å². The summed E-state index contributed by atoms with van der Waals surface area (Å²) in [6, 6.07) is 3.58. The predicted octanol–water partition coefficient (Wildman–Crippen LogP) is 2.36. The van der Waals surface area contributed by atoms with Gasteiger partial charge in [0.25, 0.3) is 0 Å². The molecule has 2 rings (SSSR count). The van der Waals surface area contributed by atoms with E-state index in [1.807, 2.05) is 26.8 Å². The molecule has 0 fully saturated rings. The Hall–Kier alpha value is -2.22. The van der Waals surface area contributed by atoms with Gasteiger partial charge in [0.05, 0.1) is 18.5 Å². The first-order valence-electron chi connectivity index (χ1n) is 8.11. The summed E-state index contributed by atoms with van der Waals surface area (Å²) in [5.41, 5.74) is 1.20. The van der Waals surface area contributed by atoms with E-state index >= 15 is 0 Å². The Bertz CT molecular complexity index is 834. The molecule has 0 atom stereocenters. The fraction of sp³-hybridized carbons (Fsp3) is 0.471. The Kier molecular flexibility index (Phi) is 5.62. The van der Waals surface area contributed by atoms with Gasteiger partial charge in [-0.15, -0.1) is 0 Å². The molecule has 25 heavy (non-hydrogen) atoms. The molecule has 0 spiro atoms. The van der Waals surface area contributed by atoms with Crippen LogP contribution in [0.1, 0.15) is 27.7 Å². The highest BCUT2D eigenvalue weighted by molar-refractivity contribution is 7.91. The molecule has 0 aliphatic carbocycles. The topological polar surface area (TPSA) is 94.0 Å². The Morgan fingerprint density at radius 3 is 2.48 bits per heavy atom. The van der Waals surface area contributed by atoms with Crippen LogP contribution in [0.5, 0.6) is 0 Å². The van der Waals surface area contributed by atoms with E-state index in [1.54, 1.807) is 36.3 Å². The molecule has 0 bridgehead atoms. The summed E-state index contributed by atoms with van der Waals surface area (Å²) in [5.74, 6) is 0.593. The van der Waals surface area contributed by atoms with Crippen LogP contribution in [0.25, 0.3) is 11.1 Å². The van der Waals surface area contributed by atoms with Gasteiger partial charge in [0.15, 0.2) is 9.84 Å². The van der Waals surface area contributed by atoms with Gasteiger partial charge in [-0.25, -0.2) is 13.4 Å². The van der Waals surface area contributed by atoms with Crippen molar-refractivity contribution in [2.24, 2.45) is 5.41 Å². The Morgan fingerprint density at radius 1 is 1.20 bits per heavy atom. The zero-order valence-corrected chi connectivity index (χ0v) is 15.8. The molecule has 0 unspecified atom stereocenters. The molecule has 7 nitrogen and oxygen atoms in total. The number of aryl methyl sites for hydroxylation is 1. The second-order valence-electron chi connectivity index (χ2n) is 6.86. The maximum atomic E-state index is 12.0. The van der Waals surface area contributed by atoms with Crippen LogP contribution in [0, 0.1) is 5.41 Å². The van der Waals surface area contributed by atoms with E-state index in [9.17, 15) is 13.2 Å². The second kappa shape index (κ2) is 7.35. The van der Waals surface area contributed by atoms with Crippen molar-refractivity contribution >= 4 is 21.6 Å². The Morgan fingerprint density at radius 2 is 1.92 bits per heavy atom. The van der Waals surface area contributed by atoms with E-state index in [0.717, 1.165) is 11.1 Å². The maximum absolute atomic E-state index is 12.0. The summed E-state index contributed by atoms with van der Waals surface area (Å²) in [6.45, 7) is 7.47. The van der Waals surface area contributed by atoms with Crippen molar-refractivity contribution < 1.29 is 13.2 Å². The summed E-state index contributed by atoms with van der Waals surface area (Å²) < 4.78 is 24.7. The van der Waals surface area contributed by atoms with Crippen molar-refractivity contribution in [1.82, 2.24) is 14.8 Å². The third-order valence-electron chi connectivity index (χ3n) is 3.72. The molecule has 0 radical (unpaired) electrons. The predicted molar refractivity (Wildman–Crippen MR) is 97.9 cm³/mol. The molecule has 0 saturated heterocycles. The number of nitrogens with zero attached hydrogens (tertiary/aromatic N) is 3. The summed E-state index contributed by atoms with van der Waals surface area (Å²) in [4.78, 5) is 16.2. The van der Waals surface area contributed by atoms with E-state index in [4.69, 9.17) is 0 Å². The number of amides is 1. The molecule has 0 saturated carbocycles. The van der Waals surface area contributed by atoms with E-state index in [2.05, 4.69) is 15.4 Å². The van der Waals surface area contributed by atoms with Crippen LogP contribution in [0.15, 0.2) is 30.7 Å². The normalized spacial score (nSPS) is 12.2. The molecule has 0 aliphatic heterocycles. The van der Waals surface area contributed by atoms with Crippen LogP contribution in [-0.2, 0) is 21.2 Å². The van der Waals surface area contributed by atoms with Gasteiger partial charge in [-0.1, -0.05) is 27.7 Å². The largest absolute Gasteiger partial charge is 0.310 e. The van der Waals surface area contributed by atoms with Crippen LogP contribution in [0.2, 0.25) is 0 Å². The number of anilines is 1. The first-order chi connectivity index (χ1) is 11.6. The lowest BCUT2D eigenvalue weighted by molar-refractivity contribution is -0.123. The molecule has 0 aromatic carbocycles. The lowest BCUT2D eigenvalue weighted by Crippen LogP contribution is -2.27. The molecular weight excluding hydrogens is 340 g/mol. The average Bonchev–Trinajstić information content (AvgIpc) is 3.02. The maximum Gasteiger partial charge on any atom is 0.230 e. The molecular formula is C17H24N4O3S. The van der Waals surface area contributed by atoms with Crippen molar-refractivity contribution in [3.63, 3.8) is 0 Å². The minimum atomic E-state index is -3.02. The fourth-order valence-electron chi connectivity index (χ4n) is 1.95. The summed E-state index contributed by atoms with van der Waals surface area (Å²) in [5, 5.41) is 6.96. The van der Waals surface area contributed by atoms with Gasteiger partial charge in [0, 0.05) is 34.7 Å². The van der Waals surface area contributed by atoms with Crippen LogP contribution in [0.4, 0.5) is 5.82 Å². The van der Waals surface area contributed by atoms with Gasteiger partial charge in [-0.2, -0.15) is 5.10 Å². The highest BCUT2D eigenvalue weighted by Gasteiger charge is 2.21. The zero-order chi connectivity index (χ0) is 18.7. The number of aromatic nitrogens is 3. The van der Waals surface area contributed by atoms with Crippen molar-refractivity contribution in [3.05, 3.63) is 30.7 Å². The van der Waals surface area contributed by atoms with Gasteiger partial charge >= 0.3 is 0 Å². The molecule has 0 aliphatic rings. The first-order valence-corrected chi connectivity index (χ1v) is 9.93. The number of pyridine rings is 1. The van der Waals surface area contributed by atoms with Gasteiger partial charge < -0.3 is 5.32 Å². The van der Waals surface area contributed by atoms with E-state index in [-0.39, 0.29) is 17.4 Å². The average molecular weight is 364 g/mol. The lowest BCUT2D eigenvalue weighted by atomic mass is 9.96. The highest BCUT2D eigenvalue weighted by atomic mass is 32.2. The van der Waals surface area contributed by atoms with Crippen LogP contribution < -0.4 is 5.32 Å². The number of rotatable bonds is 6. The third-order valence-corrected chi connectivity index (χ3v) is 5.41. The third kappa shape index (κ3) is 5.38. The second-order valence-corrected chi connectivity index (χ2v) is 9.34. The van der Waals surface area contributed by atoms with Crippen molar-refractivity contribution in [2.75, 3.05) is 16.8 Å². The number of hydrogen-bond acceptors (Lipinski definition) is 5. The quantitative estimate of drug-likeness (QED) is 0.849.